The van der Waals surface area contributed by atoms with Crippen molar-refractivity contribution < 1.29 is 18.8 Å². The Labute approximate surface area is 182 Å². The summed E-state index contributed by atoms with van der Waals surface area (Å²) in [6.07, 6.45) is 0.209. The molecule has 3 aromatic rings. The van der Waals surface area contributed by atoms with Crippen LogP contribution in [0.15, 0.2) is 89.9 Å². The molecule has 156 valence electrons. The van der Waals surface area contributed by atoms with Gasteiger partial charge in [0, 0.05) is 12.0 Å². The Kier molecular flexibility index (Phi) is 6.60. The van der Waals surface area contributed by atoms with E-state index in [0.29, 0.717) is 0 Å². The Morgan fingerprint density at radius 3 is 2.32 bits per heavy atom. The topological polar surface area (TPSA) is 57.1 Å². The van der Waals surface area contributed by atoms with Crippen molar-refractivity contribution in [3.8, 4) is 0 Å². The highest BCUT2D eigenvalue weighted by Gasteiger charge is 2.44. The molecule has 0 N–H and O–H groups in total. The third-order valence-corrected chi connectivity index (χ3v) is 5.44. The van der Waals surface area contributed by atoms with Crippen LogP contribution in [0.5, 0.6) is 0 Å². The van der Waals surface area contributed by atoms with Gasteiger partial charge in [0.2, 0.25) is 0 Å². The molecular weight excluding hydrogens is 389 g/mol. The van der Waals surface area contributed by atoms with Gasteiger partial charge < -0.3 is 14.0 Å². The molecule has 5 nitrogen and oxygen atoms in total. The number of aliphatic imine (C=N–C) groups is 1. The van der Waals surface area contributed by atoms with Crippen LogP contribution in [0.1, 0.15) is 35.6 Å². The first kappa shape index (κ1) is 21.0. The molecule has 0 unspecified atom stereocenters. The lowest BCUT2D eigenvalue weighted by atomic mass is 9.91. The van der Waals surface area contributed by atoms with Gasteiger partial charge in [-0.25, -0.2) is 4.79 Å². The van der Waals surface area contributed by atoms with E-state index in [-0.39, 0.29) is 5.92 Å². The molecule has 1 aliphatic rings. The molecule has 1 aliphatic heterocycles. The van der Waals surface area contributed by atoms with Crippen molar-refractivity contribution in [3.05, 3.63) is 102 Å². The van der Waals surface area contributed by atoms with Crippen LogP contribution in [-0.2, 0) is 18.8 Å². The lowest BCUT2D eigenvalue weighted by Gasteiger charge is -2.16. The molecule has 1 saturated heterocycles. The number of nitrogens with zero attached hydrogens (tertiary/aromatic N) is 1. The molecule has 31 heavy (non-hydrogen) atoms. The number of carbonyl (C=O) groups excluding carboxylic acids is 1. The summed E-state index contributed by atoms with van der Waals surface area (Å²) in [6.45, 7) is 2.16. The molecule has 0 aliphatic carbocycles. The number of benzene rings is 3. The van der Waals surface area contributed by atoms with Gasteiger partial charge in [-0.1, -0.05) is 85.8 Å². The fourth-order valence-electron chi connectivity index (χ4n) is 3.76. The molecular formula is C25H24BNO4. The predicted molar refractivity (Wildman–Crippen MR) is 121 cm³/mol. The quantitative estimate of drug-likeness (QED) is 0.328. The van der Waals surface area contributed by atoms with Crippen LogP contribution in [0.25, 0.3) is 0 Å². The van der Waals surface area contributed by atoms with Crippen molar-refractivity contribution in [1.82, 2.24) is 0 Å². The summed E-state index contributed by atoms with van der Waals surface area (Å²) < 4.78 is 16.8. The largest absolute Gasteiger partial charge is 0.506 e. The number of hydrogen-bond donors (Lipinski definition) is 0. The standard InChI is InChI=1S/C25H24BNO4/c1-18(19-11-5-3-6-12-19)21-15-9-10-16-22(21)27-17-26-30-23(20-13-7-4-8-14-20)24(31-26)25(28)29-2/h3-18,23-24H,1-2H3/t18-,23+,24-/m0/s1. The van der Waals surface area contributed by atoms with Crippen LogP contribution in [-0.4, -0.2) is 32.4 Å². The summed E-state index contributed by atoms with van der Waals surface area (Å²) in [6, 6.07) is 27.8. The van der Waals surface area contributed by atoms with Crippen LogP contribution in [0.4, 0.5) is 5.69 Å². The zero-order valence-electron chi connectivity index (χ0n) is 17.5. The second-order valence-electron chi connectivity index (χ2n) is 7.38. The summed E-state index contributed by atoms with van der Waals surface area (Å²) >= 11 is 0. The summed E-state index contributed by atoms with van der Waals surface area (Å²) in [5.74, 6) is -0.289. The number of hydrogen-bond acceptors (Lipinski definition) is 5. The molecule has 0 radical (unpaired) electrons. The Hall–Kier alpha value is -3.22. The number of para-hydroxylation sites is 1. The van der Waals surface area contributed by atoms with Crippen molar-refractivity contribution >= 4 is 24.9 Å². The van der Waals surface area contributed by atoms with Crippen LogP contribution in [0, 0.1) is 0 Å². The molecule has 1 heterocycles. The minimum Gasteiger partial charge on any atom is -0.467 e. The third kappa shape index (κ3) is 4.76. The van der Waals surface area contributed by atoms with Crippen molar-refractivity contribution in [2.24, 2.45) is 4.99 Å². The van der Waals surface area contributed by atoms with Crippen molar-refractivity contribution in [3.63, 3.8) is 0 Å². The van der Waals surface area contributed by atoms with Crippen LogP contribution in [0.2, 0.25) is 0 Å². The van der Waals surface area contributed by atoms with Gasteiger partial charge in [-0.2, -0.15) is 0 Å². The molecule has 0 saturated carbocycles. The first-order valence-corrected chi connectivity index (χ1v) is 10.3. The highest BCUT2D eigenvalue weighted by atomic mass is 16.7. The summed E-state index contributed by atoms with van der Waals surface area (Å²) in [7, 11) is 0.588. The van der Waals surface area contributed by atoms with Crippen molar-refractivity contribution in [2.45, 2.75) is 25.0 Å². The van der Waals surface area contributed by atoms with E-state index in [9.17, 15) is 4.79 Å². The lowest BCUT2D eigenvalue weighted by molar-refractivity contribution is -0.150. The van der Waals surface area contributed by atoms with Gasteiger partial charge in [-0.3, -0.25) is 4.99 Å². The van der Waals surface area contributed by atoms with E-state index in [1.807, 2.05) is 66.7 Å². The van der Waals surface area contributed by atoms with Gasteiger partial charge >= 0.3 is 13.1 Å². The van der Waals surface area contributed by atoms with E-state index in [1.54, 1.807) is 6.11 Å². The predicted octanol–water partition coefficient (Wildman–Crippen LogP) is 4.90. The summed E-state index contributed by atoms with van der Waals surface area (Å²) in [5, 5.41) is 0. The van der Waals surface area contributed by atoms with E-state index in [2.05, 4.69) is 30.1 Å². The Morgan fingerprint density at radius 2 is 1.61 bits per heavy atom. The van der Waals surface area contributed by atoms with Crippen LogP contribution in [0.3, 0.4) is 0 Å². The molecule has 6 heteroatoms. The molecule has 3 atom stereocenters. The number of esters is 1. The van der Waals surface area contributed by atoms with Crippen LogP contribution < -0.4 is 0 Å². The number of ether oxygens (including phenoxy) is 1. The van der Waals surface area contributed by atoms with Gasteiger partial charge in [0.1, 0.15) is 6.10 Å². The molecule has 0 bridgehead atoms. The van der Waals surface area contributed by atoms with E-state index < -0.39 is 25.3 Å². The van der Waals surface area contributed by atoms with Gasteiger partial charge in [-0.05, 0) is 22.8 Å². The number of rotatable bonds is 6. The fourth-order valence-corrected chi connectivity index (χ4v) is 3.76. The third-order valence-electron chi connectivity index (χ3n) is 5.44. The normalized spacial score (nSPS) is 19.5. The smallest absolute Gasteiger partial charge is 0.467 e. The number of carbonyl (C=O) groups is 1. The molecule has 1 fully saturated rings. The van der Waals surface area contributed by atoms with E-state index in [1.165, 1.54) is 12.7 Å². The van der Waals surface area contributed by atoms with Crippen LogP contribution >= 0.6 is 0 Å². The first-order valence-electron chi connectivity index (χ1n) is 10.3. The highest BCUT2D eigenvalue weighted by Crippen LogP contribution is 2.33. The first-order chi connectivity index (χ1) is 15.2. The summed E-state index contributed by atoms with van der Waals surface area (Å²) in [4.78, 5) is 16.9. The SMILES string of the molecule is COC(=O)[C@H]1OB(C=Nc2ccccc2[C@@H](C)c2ccccc2)O[C@@H]1c1ccccc1. The van der Waals surface area contributed by atoms with E-state index in [0.717, 1.165) is 16.8 Å². The van der Waals surface area contributed by atoms with E-state index in [4.69, 9.17) is 14.0 Å². The maximum Gasteiger partial charge on any atom is 0.506 e. The second kappa shape index (κ2) is 9.73. The second-order valence-corrected chi connectivity index (χ2v) is 7.38. The molecule has 4 rings (SSSR count). The zero-order chi connectivity index (χ0) is 21.6. The maximum absolute atomic E-state index is 12.2. The van der Waals surface area contributed by atoms with Crippen molar-refractivity contribution in [1.29, 1.82) is 0 Å². The molecule has 0 spiro atoms. The Bertz CT molecular complexity index is 1040. The average Bonchev–Trinajstić information content (AvgIpc) is 3.27. The van der Waals surface area contributed by atoms with E-state index >= 15 is 0 Å². The molecule has 0 aromatic heterocycles. The monoisotopic (exact) mass is 413 g/mol. The molecule has 3 aromatic carbocycles. The number of methoxy groups -OCH3 is 1. The Balaban J connectivity index is 1.56. The minimum atomic E-state index is -0.845. The minimum absolute atomic E-state index is 0.180. The fraction of sp³-hybridized carbons (Fsp3) is 0.200. The lowest BCUT2D eigenvalue weighted by Crippen LogP contribution is -2.28. The summed E-state index contributed by atoms with van der Waals surface area (Å²) in [5.41, 5.74) is 4.01. The maximum atomic E-state index is 12.2. The molecule has 0 amide bonds. The van der Waals surface area contributed by atoms with Gasteiger partial charge in [0.25, 0.3) is 0 Å². The highest BCUT2D eigenvalue weighted by molar-refractivity contribution is 6.75. The van der Waals surface area contributed by atoms with Crippen molar-refractivity contribution in [2.75, 3.05) is 7.11 Å². The zero-order valence-corrected chi connectivity index (χ0v) is 17.5. The van der Waals surface area contributed by atoms with Gasteiger partial charge in [0.05, 0.1) is 12.8 Å². The van der Waals surface area contributed by atoms with Gasteiger partial charge in [-0.15, -0.1) is 0 Å². The Morgan fingerprint density at radius 1 is 0.968 bits per heavy atom. The van der Waals surface area contributed by atoms with Gasteiger partial charge in [0.15, 0.2) is 6.10 Å². The average molecular weight is 413 g/mol.